The molecule has 0 saturated carbocycles. The molecule has 0 fully saturated rings. The second kappa shape index (κ2) is 8.96. The van der Waals surface area contributed by atoms with Crippen molar-refractivity contribution in [2.45, 2.75) is 32.6 Å². The van der Waals surface area contributed by atoms with Crippen molar-refractivity contribution in [3.05, 3.63) is 59.1 Å². The molecule has 0 aromatic heterocycles. The van der Waals surface area contributed by atoms with E-state index in [0.717, 1.165) is 5.56 Å². The molecule has 8 heteroatoms. The molecule has 0 unspecified atom stereocenters. The van der Waals surface area contributed by atoms with Gasteiger partial charge in [-0.2, -0.15) is 0 Å². The lowest BCUT2D eigenvalue weighted by Gasteiger charge is -2.33. The lowest BCUT2D eigenvalue weighted by molar-refractivity contribution is -0.161. The molecule has 29 heavy (non-hydrogen) atoms. The lowest BCUT2D eigenvalue weighted by atomic mass is 10.2. The maximum absolute atomic E-state index is 12.5. The van der Waals surface area contributed by atoms with E-state index in [0.29, 0.717) is 16.5 Å². The fourth-order valence-corrected chi connectivity index (χ4v) is 3.13. The normalized spacial score (nSPS) is 16.2. The molecule has 0 radical (unpaired) electrons. The summed E-state index contributed by atoms with van der Waals surface area (Å²) in [6.07, 6.45) is -2.05. The number of nitrogens with zero attached hydrogens (tertiary/aromatic N) is 1. The van der Waals surface area contributed by atoms with E-state index in [4.69, 9.17) is 21.1 Å². The topological polar surface area (TPSA) is 84.9 Å². The van der Waals surface area contributed by atoms with Gasteiger partial charge in [-0.15, -0.1) is 0 Å². The first kappa shape index (κ1) is 20.7. The minimum atomic E-state index is -1.03. The van der Waals surface area contributed by atoms with E-state index in [9.17, 15) is 14.4 Å². The largest absolute Gasteiger partial charge is 0.475 e. The van der Waals surface area contributed by atoms with Gasteiger partial charge < -0.3 is 19.7 Å². The molecular weight excluding hydrogens is 396 g/mol. The van der Waals surface area contributed by atoms with Crippen molar-refractivity contribution in [1.82, 2.24) is 5.32 Å². The number of hydrogen-bond acceptors (Lipinski definition) is 5. The fourth-order valence-electron chi connectivity index (χ4n) is 2.93. The standard InChI is InChI=1S/C21H21ClN2O5/c1-13(20(26)23-11-15-7-3-4-8-16(15)22)28-21(27)19-12-24(14(2)25)17-9-5-6-10-18(17)29-19/h3-10,13,19H,11-12H2,1-2H3,(H,23,26)/t13-,19+/m1/s1. The van der Waals surface area contributed by atoms with Gasteiger partial charge in [0.15, 0.2) is 6.10 Å². The molecule has 7 nitrogen and oxygen atoms in total. The molecule has 0 saturated heterocycles. The first-order valence-corrected chi connectivity index (χ1v) is 9.50. The van der Waals surface area contributed by atoms with E-state index in [1.54, 1.807) is 42.5 Å². The number of ether oxygens (including phenoxy) is 2. The van der Waals surface area contributed by atoms with Crippen molar-refractivity contribution >= 4 is 35.1 Å². The monoisotopic (exact) mass is 416 g/mol. The van der Waals surface area contributed by atoms with Crippen LogP contribution in [0.5, 0.6) is 5.75 Å². The highest BCUT2D eigenvalue weighted by molar-refractivity contribution is 6.31. The Morgan fingerprint density at radius 2 is 1.90 bits per heavy atom. The lowest BCUT2D eigenvalue weighted by Crippen LogP contribution is -2.48. The Kier molecular flexibility index (Phi) is 6.39. The minimum Gasteiger partial charge on any atom is -0.475 e. The second-order valence-electron chi connectivity index (χ2n) is 6.59. The Morgan fingerprint density at radius 1 is 1.21 bits per heavy atom. The summed E-state index contributed by atoms with van der Waals surface area (Å²) in [5.41, 5.74) is 1.35. The molecule has 0 bridgehead atoms. The fraction of sp³-hybridized carbons (Fsp3) is 0.286. The zero-order valence-electron chi connectivity index (χ0n) is 16.1. The number of anilines is 1. The van der Waals surface area contributed by atoms with Gasteiger partial charge in [-0.1, -0.05) is 41.9 Å². The predicted molar refractivity (Wildman–Crippen MR) is 108 cm³/mol. The van der Waals surface area contributed by atoms with E-state index < -0.39 is 24.1 Å². The Morgan fingerprint density at radius 3 is 2.62 bits per heavy atom. The number of benzene rings is 2. The molecule has 3 rings (SSSR count). The summed E-state index contributed by atoms with van der Waals surface area (Å²) in [5.74, 6) is -0.986. The summed E-state index contributed by atoms with van der Waals surface area (Å²) in [5, 5.41) is 3.22. The van der Waals surface area contributed by atoms with Crippen LogP contribution in [-0.4, -0.2) is 36.5 Å². The number of halogens is 1. The number of amides is 2. The number of esters is 1. The summed E-state index contributed by atoms with van der Waals surface area (Å²) < 4.78 is 10.9. The van der Waals surface area contributed by atoms with Crippen LogP contribution in [0.1, 0.15) is 19.4 Å². The van der Waals surface area contributed by atoms with Crippen molar-refractivity contribution in [1.29, 1.82) is 0 Å². The van der Waals surface area contributed by atoms with Crippen molar-refractivity contribution < 1.29 is 23.9 Å². The summed E-state index contributed by atoms with van der Waals surface area (Å²) in [7, 11) is 0. The van der Waals surface area contributed by atoms with Crippen LogP contribution in [0, 0.1) is 0 Å². The number of rotatable bonds is 5. The second-order valence-corrected chi connectivity index (χ2v) is 7.00. The Labute approximate surface area is 173 Å². The van der Waals surface area contributed by atoms with Crippen LogP contribution in [0.25, 0.3) is 0 Å². The maximum atomic E-state index is 12.5. The minimum absolute atomic E-state index is 0.0130. The van der Waals surface area contributed by atoms with E-state index >= 15 is 0 Å². The smallest absolute Gasteiger partial charge is 0.350 e. The highest BCUT2D eigenvalue weighted by atomic mass is 35.5. The molecule has 152 valence electrons. The van der Waals surface area contributed by atoms with Gasteiger partial charge >= 0.3 is 5.97 Å². The van der Waals surface area contributed by atoms with Crippen LogP contribution in [0.3, 0.4) is 0 Å². The average Bonchev–Trinajstić information content (AvgIpc) is 2.71. The number of fused-ring (bicyclic) bond motifs is 1. The van der Waals surface area contributed by atoms with Crippen molar-refractivity contribution in [3.8, 4) is 5.75 Å². The Bertz CT molecular complexity index is 933. The van der Waals surface area contributed by atoms with Crippen molar-refractivity contribution in [3.63, 3.8) is 0 Å². The Balaban J connectivity index is 1.60. The average molecular weight is 417 g/mol. The van der Waals surface area contributed by atoms with E-state index in [-0.39, 0.29) is 19.0 Å². The Hall–Kier alpha value is -3.06. The molecule has 2 aromatic rings. The number of carbonyl (C=O) groups is 3. The quantitative estimate of drug-likeness (QED) is 0.757. The first-order valence-electron chi connectivity index (χ1n) is 9.12. The van der Waals surface area contributed by atoms with Crippen molar-refractivity contribution in [2.75, 3.05) is 11.4 Å². The molecule has 1 aliphatic rings. The highest BCUT2D eigenvalue weighted by Gasteiger charge is 2.35. The van der Waals surface area contributed by atoms with Crippen molar-refractivity contribution in [2.24, 2.45) is 0 Å². The SMILES string of the molecule is CC(=O)N1C[C@@H](C(=O)O[C@H](C)C(=O)NCc2ccccc2Cl)Oc2ccccc21. The van der Waals surface area contributed by atoms with Gasteiger partial charge in [0.2, 0.25) is 12.0 Å². The predicted octanol–water partition coefficient (Wildman–Crippen LogP) is 2.70. The highest BCUT2D eigenvalue weighted by Crippen LogP contribution is 2.33. The molecule has 2 amide bonds. The van der Waals surface area contributed by atoms with E-state index in [1.165, 1.54) is 18.7 Å². The number of nitrogens with one attached hydrogen (secondary N) is 1. The van der Waals surface area contributed by atoms with E-state index in [1.807, 2.05) is 6.07 Å². The van der Waals surface area contributed by atoms with Crippen LogP contribution < -0.4 is 15.0 Å². The number of hydrogen-bond donors (Lipinski definition) is 1. The maximum Gasteiger partial charge on any atom is 0.350 e. The first-order chi connectivity index (χ1) is 13.9. The molecule has 0 spiro atoms. The van der Waals surface area contributed by atoms with Gasteiger partial charge in [-0.3, -0.25) is 9.59 Å². The van der Waals surface area contributed by atoms with Gasteiger partial charge in [-0.05, 0) is 30.7 Å². The molecule has 1 heterocycles. The summed E-state index contributed by atoms with van der Waals surface area (Å²) in [4.78, 5) is 38.2. The van der Waals surface area contributed by atoms with Gasteiger partial charge in [0.1, 0.15) is 5.75 Å². The van der Waals surface area contributed by atoms with Gasteiger partial charge in [0.05, 0.1) is 12.2 Å². The number of carbonyl (C=O) groups excluding carboxylic acids is 3. The zero-order chi connectivity index (χ0) is 21.0. The molecule has 0 aliphatic carbocycles. The van der Waals surface area contributed by atoms with Crippen LogP contribution in [0.2, 0.25) is 5.02 Å². The molecule has 2 aromatic carbocycles. The number of para-hydroxylation sites is 2. The molecule has 2 atom stereocenters. The zero-order valence-corrected chi connectivity index (χ0v) is 16.8. The molecule has 1 N–H and O–H groups in total. The van der Waals surface area contributed by atoms with E-state index in [2.05, 4.69) is 5.32 Å². The summed E-state index contributed by atoms with van der Waals surface area (Å²) in [6, 6.07) is 14.1. The van der Waals surface area contributed by atoms with Crippen LogP contribution in [0.4, 0.5) is 5.69 Å². The van der Waals surface area contributed by atoms with Crippen LogP contribution in [0.15, 0.2) is 48.5 Å². The molecule has 1 aliphatic heterocycles. The third-order valence-electron chi connectivity index (χ3n) is 4.49. The summed E-state index contributed by atoms with van der Waals surface area (Å²) in [6.45, 7) is 3.11. The summed E-state index contributed by atoms with van der Waals surface area (Å²) >= 11 is 6.07. The van der Waals surface area contributed by atoms with Crippen LogP contribution in [-0.2, 0) is 25.7 Å². The van der Waals surface area contributed by atoms with Gasteiger partial charge in [-0.25, -0.2) is 4.79 Å². The van der Waals surface area contributed by atoms with Gasteiger partial charge in [0, 0.05) is 18.5 Å². The van der Waals surface area contributed by atoms with Crippen LogP contribution >= 0.6 is 11.6 Å². The third-order valence-corrected chi connectivity index (χ3v) is 4.86. The van der Waals surface area contributed by atoms with Gasteiger partial charge in [0.25, 0.3) is 5.91 Å². The third kappa shape index (κ3) is 4.86. The molecular formula is C21H21ClN2O5.